The SMILES string of the molecule is CC(C)NC(=O)C1COCCN1Cc1cc(N)cc(F)c1. The van der Waals surface area contributed by atoms with Gasteiger partial charge in [-0.1, -0.05) is 0 Å². The molecule has 0 radical (unpaired) electrons. The Bertz CT molecular complexity index is 487. The summed E-state index contributed by atoms with van der Waals surface area (Å²) in [7, 11) is 0. The van der Waals surface area contributed by atoms with Crippen LogP contribution in [-0.4, -0.2) is 42.6 Å². The Labute approximate surface area is 124 Å². The molecule has 0 bridgehead atoms. The minimum absolute atomic E-state index is 0.0610. The van der Waals surface area contributed by atoms with Gasteiger partial charge in [-0.25, -0.2) is 4.39 Å². The van der Waals surface area contributed by atoms with E-state index in [0.717, 1.165) is 5.56 Å². The number of amides is 1. The van der Waals surface area contributed by atoms with E-state index in [0.29, 0.717) is 32.0 Å². The number of hydrogen-bond acceptors (Lipinski definition) is 4. The second-order valence-corrected chi connectivity index (χ2v) is 5.62. The zero-order valence-electron chi connectivity index (χ0n) is 12.4. The highest BCUT2D eigenvalue weighted by molar-refractivity contribution is 5.82. The van der Waals surface area contributed by atoms with Crippen LogP contribution < -0.4 is 11.1 Å². The molecule has 3 N–H and O–H groups in total. The van der Waals surface area contributed by atoms with Crippen molar-refractivity contribution in [1.29, 1.82) is 0 Å². The summed E-state index contributed by atoms with van der Waals surface area (Å²) >= 11 is 0. The molecular weight excluding hydrogens is 273 g/mol. The molecule has 0 aliphatic carbocycles. The van der Waals surface area contributed by atoms with Crippen molar-refractivity contribution in [3.8, 4) is 0 Å². The van der Waals surface area contributed by atoms with Crippen LogP contribution in [-0.2, 0) is 16.1 Å². The third kappa shape index (κ3) is 4.41. The maximum absolute atomic E-state index is 13.4. The fourth-order valence-electron chi connectivity index (χ4n) is 2.45. The quantitative estimate of drug-likeness (QED) is 0.817. The largest absolute Gasteiger partial charge is 0.399 e. The second kappa shape index (κ2) is 6.87. The maximum Gasteiger partial charge on any atom is 0.239 e. The van der Waals surface area contributed by atoms with Crippen molar-refractivity contribution in [2.24, 2.45) is 0 Å². The maximum atomic E-state index is 13.4. The standard InChI is InChI=1S/C15H22FN3O2/c1-10(2)18-15(20)14-9-21-4-3-19(14)8-11-5-12(16)7-13(17)6-11/h5-7,10,14H,3-4,8-9,17H2,1-2H3,(H,18,20). The van der Waals surface area contributed by atoms with Gasteiger partial charge in [0.2, 0.25) is 5.91 Å². The van der Waals surface area contributed by atoms with Crippen LogP contribution in [0, 0.1) is 5.82 Å². The summed E-state index contributed by atoms with van der Waals surface area (Å²) in [4.78, 5) is 14.2. The molecule has 1 atom stereocenters. The smallest absolute Gasteiger partial charge is 0.239 e. The van der Waals surface area contributed by atoms with Gasteiger partial charge in [0, 0.05) is 24.8 Å². The number of ether oxygens (including phenoxy) is 1. The molecule has 21 heavy (non-hydrogen) atoms. The summed E-state index contributed by atoms with van der Waals surface area (Å²) in [6, 6.07) is 4.18. The minimum Gasteiger partial charge on any atom is -0.399 e. The van der Waals surface area contributed by atoms with Gasteiger partial charge >= 0.3 is 0 Å². The van der Waals surface area contributed by atoms with Gasteiger partial charge in [0.1, 0.15) is 11.9 Å². The van der Waals surface area contributed by atoms with E-state index in [4.69, 9.17) is 10.5 Å². The molecular formula is C15H22FN3O2. The number of hydrogen-bond donors (Lipinski definition) is 2. The molecule has 1 aliphatic heterocycles. The summed E-state index contributed by atoms with van der Waals surface area (Å²) < 4.78 is 18.8. The summed E-state index contributed by atoms with van der Waals surface area (Å²) in [5.41, 5.74) is 6.81. The zero-order chi connectivity index (χ0) is 15.4. The topological polar surface area (TPSA) is 67.6 Å². The average Bonchev–Trinajstić information content (AvgIpc) is 2.37. The van der Waals surface area contributed by atoms with Crippen molar-refractivity contribution in [3.63, 3.8) is 0 Å². The van der Waals surface area contributed by atoms with Crippen LogP contribution in [0.1, 0.15) is 19.4 Å². The molecule has 1 aromatic carbocycles. The van der Waals surface area contributed by atoms with E-state index in [9.17, 15) is 9.18 Å². The van der Waals surface area contributed by atoms with E-state index >= 15 is 0 Å². The normalized spacial score (nSPS) is 19.7. The first-order valence-corrected chi connectivity index (χ1v) is 7.13. The van der Waals surface area contributed by atoms with Gasteiger partial charge in [0.25, 0.3) is 0 Å². The lowest BCUT2D eigenvalue weighted by molar-refractivity contribution is -0.133. The number of nitrogens with one attached hydrogen (secondary N) is 1. The fraction of sp³-hybridized carbons (Fsp3) is 0.533. The van der Waals surface area contributed by atoms with Crippen LogP contribution >= 0.6 is 0 Å². The van der Waals surface area contributed by atoms with Gasteiger partial charge in [-0.3, -0.25) is 9.69 Å². The van der Waals surface area contributed by atoms with E-state index in [1.54, 1.807) is 6.07 Å². The van der Waals surface area contributed by atoms with Gasteiger partial charge in [0.15, 0.2) is 0 Å². The molecule has 1 aliphatic rings. The highest BCUT2D eigenvalue weighted by Gasteiger charge is 2.29. The first-order chi connectivity index (χ1) is 9.95. The monoisotopic (exact) mass is 295 g/mol. The lowest BCUT2D eigenvalue weighted by Gasteiger charge is -2.35. The number of nitrogens with two attached hydrogens (primary N) is 1. The Hall–Kier alpha value is -1.66. The average molecular weight is 295 g/mol. The number of carbonyl (C=O) groups is 1. The molecule has 1 saturated heterocycles. The van der Waals surface area contributed by atoms with Crippen molar-refractivity contribution < 1.29 is 13.9 Å². The molecule has 1 fully saturated rings. The van der Waals surface area contributed by atoms with Crippen LogP contribution in [0.25, 0.3) is 0 Å². The van der Waals surface area contributed by atoms with Crippen LogP contribution in [0.5, 0.6) is 0 Å². The van der Waals surface area contributed by atoms with Gasteiger partial charge in [-0.2, -0.15) is 0 Å². The minimum atomic E-state index is -0.360. The molecule has 1 amide bonds. The van der Waals surface area contributed by atoms with Crippen molar-refractivity contribution in [3.05, 3.63) is 29.6 Å². The Balaban J connectivity index is 2.09. The molecule has 0 aromatic heterocycles. The Morgan fingerprint density at radius 3 is 2.95 bits per heavy atom. The third-order valence-electron chi connectivity index (χ3n) is 3.34. The molecule has 1 heterocycles. The molecule has 6 heteroatoms. The second-order valence-electron chi connectivity index (χ2n) is 5.62. The van der Waals surface area contributed by atoms with Crippen LogP contribution in [0.4, 0.5) is 10.1 Å². The molecule has 116 valence electrons. The number of anilines is 1. The lowest BCUT2D eigenvalue weighted by Crippen LogP contribution is -2.54. The van der Waals surface area contributed by atoms with Crippen LogP contribution in [0.2, 0.25) is 0 Å². The fourth-order valence-corrected chi connectivity index (χ4v) is 2.45. The van der Waals surface area contributed by atoms with E-state index in [1.807, 2.05) is 18.7 Å². The first kappa shape index (κ1) is 15.7. The highest BCUT2D eigenvalue weighted by Crippen LogP contribution is 2.16. The van der Waals surface area contributed by atoms with Crippen molar-refractivity contribution in [2.75, 3.05) is 25.5 Å². The number of halogens is 1. The summed E-state index contributed by atoms with van der Waals surface area (Å²) in [5.74, 6) is -0.421. The van der Waals surface area contributed by atoms with E-state index in [1.165, 1.54) is 12.1 Å². The van der Waals surface area contributed by atoms with Crippen LogP contribution in [0.15, 0.2) is 18.2 Å². The Kier molecular flexibility index (Phi) is 5.14. The highest BCUT2D eigenvalue weighted by atomic mass is 19.1. The lowest BCUT2D eigenvalue weighted by atomic mass is 10.1. The number of morpholine rings is 1. The number of carbonyl (C=O) groups excluding carboxylic acids is 1. The van der Waals surface area contributed by atoms with Crippen molar-refractivity contribution >= 4 is 11.6 Å². The summed E-state index contributed by atoms with van der Waals surface area (Å²) in [6.07, 6.45) is 0. The van der Waals surface area contributed by atoms with E-state index < -0.39 is 0 Å². The van der Waals surface area contributed by atoms with Crippen molar-refractivity contribution in [2.45, 2.75) is 32.5 Å². The number of nitrogens with zero attached hydrogens (tertiary/aromatic N) is 1. The third-order valence-corrected chi connectivity index (χ3v) is 3.34. The Morgan fingerprint density at radius 2 is 2.29 bits per heavy atom. The zero-order valence-corrected chi connectivity index (χ0v) is 12.4. The predicted octanol–water partition coefficient (Wildman–Crippen LogP) is 1.13. The van der Waals surface area contributed by atoms with E-state index in [2.05, 4.69) is 5.32 Å². The molecule has 2 rings (SSSR count). The molecule has 0 spiro atoms. The van der Waals surface area contributed by atoms with Crippen LogP contribution in [0.3, 0.4) is 0 Å². The molecule has 5 nitrogen and oxygen atoms in total. The van der Waals surface area contributed by atoms with Gasteiger partial charge in [0.05, 0.1) is 13.2 Å². The first-order valence-electron chi connectivity index (χ1n) is 7.13. The van der Waals surface area contributed by atoms with Crippen molar-refractivity contribution in [1.82, 2.24) is 10.2 Å². The number of benzene rings is 1. The predicted molar refractivity (Wildman–Crippen MR) is 79.1 cm³/mol. The van der Waals surface area contributed by atoms with Gasteiger partial charge < -0.3 is 15.8 Å². The molecule has 1 unspecified atom stereocenters. The Morgan fingerprint density at radius 1 is 1.52 bits per heavy atom. The summed E-state index contributed by atoms with van der Waals surface area (Å²) in [6.45, 7) is 5.85. The van der Waals surface area contributed by atoms with E-state index in [-0.39, 0.29) is 23.8 Å². The van der Waals surface area contributed by atoms with Gasteiger partial charge in [-0.05, 0) is 37.6 Å². The molecule has 1 aromatic rings. The number of nitrogen functional groups attached to an aromatic ring is 1. The molecule has 0 saturated carbocycles. The summed E-state index contributed by atoms with van der Waals surface area (Å²) in [5, 5.41) is 2.89. The number of rotatable bonds is 4. The van der Waals surface area contributed by atoms with Gasteiger partial charge in [-0.15, -0.1) is 0 Å².